The Bertz CT molecular complexity index is 1730. The van der Waals surface area contributed by atoms with E-state index in [0.717, 1.165) is 26.5 Å². The van der Waals surface area contributed by atoms with Crippen LogP contribution in [0.3, 0.4) is 0 Å². The van der Waals surface area contributed by atoms with Crippen LogP contribution >= 0.6 is 15.9 Å². The van der Waals surface area contributed by atoms with E-state index in [1.165, 1.54) is 6.21 Å². The number of nitrogens with zero attached hydrogens (tertiary/aromatic N) is 1. The zero-order chi connectivity index (χ0) is 28.8. The molecule has 0 saturated carbocycles. The molecule has 0 spiro atoms. The molecule has 0 radical (unpaired) electrons. The standard InChI is InChI=1S/C32H26BrN3O5/c1-3-40-27-18-20(12-17-25(27)41-32(38)22-13-15-23(33)16-14-22)19-34-36-31(37)30-28(21-8-5-4-6-9-21)24-10-7-11-26(39-2)29(24)35-30/h4-19,35H,3H2,1-2H3,(H,36,37). The number of para-hydroxylation sites is 1. The monoisotopic (exact) mass is 611 g/mol. The molecule has 0 fully saturated rings. The lowest BCUT2D eigenvalue weighted by Crippen LogP contribution is -2.19. The summed E-state index contributed by atoms with van der Waals surface area (Å²) in [7, 11) is 1.59. The van der Waals surface area contributed by atoms with Crippen LogP contribution in [-0.4, -0.2) is 36.8 Å². The lowest BCUT2D eigenvalue weighted by molar-refractivity contribution is 0.0728. The summed E-state index contributed by atoms with van der Waals surface area (Å²) in [6, 6.07) is 27.2. The third kappa shape index (κ3) is 6.15. The van der Waals surface area contributed by atoms with Crippen molar-refractivity contribution in [1.82, 2.24) is 10.4 Å². The fraction of sp³-hybridized carbons (Fsp3) is 0.0938. The summed E-state index contributed by atoms with van der Waals surface area (Å²) in [4.78, 5) is 29.1. The van der Waals surface area contributed by atoms with Gasteiger partial charge in [0.05, 0.1) is 31.0 Å². The second-order valence-electron chi connectivity index (χ2n) is 8.86. The normalized spacial score (nSPS) is 11.0. The Morgan fingerprint density at radius 2 is 1.71 bits per heavy atom. The predicted octanol–water partition coefficient (Wildman–Crippen LogP) is 6.99. The number of carbonyl (C=O) groups is 2. The highest BCUT2D eigenvalue weighted by Crippen LogP contribution is 2.36. The van der Waals surface area contributed by atoms with Crippen molar-refractivity contribution < 1.29 is 23.8 Å². The van der Waals surface area contributed by atoms with E-state index in [1.807, 2.05) is 55.5 Å². The maximum atomic E-state index is 13.3. The van der Waals surface area contributed by atoms with Gasteiger partial charge < -0.3 is 19.2 Å². The summed E-state index contributed by atoms with van der Waals surface area (Å²) in [5.41, 5.74) is 6.37. The second-order valence-corrected chi connectivity index (χ2v) is 9.77. The molecule has 0 aliphatic heterocycles. The Balaban J connectivity index is 1.37. The number of aromatic nitrogens is 1. The SMILES string of the molecule is CCOc1cc(C=NNC(=O)c2[nH]c3c(OC)cccc3c2-c2ccccc2)ccc1OC(=O)c1ccc(Br)cc1. The average Bonchev–Trinajstić information content (AvgIpc) is 3.39. The van der Waals surface area contributed by atoms with Crippen molar-refractivity contribution in [3.63, 3.8) is 0 Å². The molecule has 0 saturated heterocycles. The maximum Gasteiger partial charge on any atom is 0.343 e. The number of hydrogen-bond donors (Lipinski definition) is 2. The molecule has 4 aromatic carbocycles. The molecule has 2 N–H and O–H groups in total. The van der Waals surface area contributed by atoms with Gasteiger partial charge in [0.15, 0.2) is 11.5 Å². The lowest BCUT2D eigenvalue weighted by Gasteiger charge is -2.11. The number of hydrogen-bond acceptors (Lipinski definition) is 6. The zero-order valence-electron chi connectivity index (χ0n) is 22.3. The van der Waals surface area contributed by atoms with E-state index in [0.29, 0.717) is 34.9 Å². The maximum absolute atomic E-state index is 13.3. The number of esters is 1. The number of hydrazone groups is 1. The molecule has 0 aliphatic rings. The zero-order valence-corrected chi connectivity index (χ0v) is 23.9. The summed E-state index contributed by atoms with van der Waals surface area (Å²) >= 11 is 3.35. The van der Waals surface area contributed by atoms with Gasteiger partial charge >= 0.3 is 5.97 Å². The summed E-state index contributed by atoms with van der Waals surface area (Å²) in [6.07, 6.45) is 1.49. The highest BCUT2D eigenvalue weighted by molar-refractivity contribution is 9.10. The van der Waals surface area contributed by atoms with E-state index < -0.39 is 11.9 Å². The first-order chi connectivity index (χ1) is 20.0. The van der Waals surface area contributed by atoms with E-state index in [-0.39, 0.29) is 5.75 Å². The summed E-state index contributed by atoms with van der Waals surface area (Å²) in [5, 5.41) is 5.03. The fourth-order valence-electron chi connectivity index (χ4n) is 4.36. The molecule has 206 valence electrons. The average molecular weight is 612 g/mol. The third-order valence-corrected chi connectivity index (χ3v) is 6.76. The van der Waals surface area contributed by atoms with E-state index in [1.54, 1.807) is 49.6 Å². The van der Waals surface area contributed by atoms with Crippen LogP contribution in [0.2, 0.25) is 0 Å². The van der Waals surface area contributed by atoms with Crippen molar-refractivity contribution in [2.45, 2.75) is 6.92 Å². The molecular formula is C32H26BrN3O5. The van der Waals surface area contributed by atoms with Gasteiger partial charge in [-0.2, -0.15) is 5.10 Å². The Labute approximate surface area is 245 Å². The van der Waals surface area contributed by atoms with Crippen LogP contribution in [0.1, 0.15) is 33.3 Å². The molecule has 1 amide bonds. The molecule has 9 heteroatoms. The first-order valence-electron chi connectivity index (χ1n) is 12.8. The summed E-state index contributed by atoms with van der Waals surface area (Å²) < 4.78 is 17.6. The first kappa shape index (κ1) is 27.7. The van der Waals surface area contributed by atoms with Gasteiger partial charge in [-0.15, -0.1) is 0 Å². The van der Waals surface area contributed by atoms with Crippen molar-refractivity contribution in [1.29, 1.82) is 0 Å². The summed E-state index contributed by atoms with van der Waals surface area (Å²) in [6.45, 7) is 2.20. The number of nitrogens with one attached hydrogen (secondary N) is 2. The molecule has 1 aromatic heterocycles. The van der Waals surface area contributed by atoms with Gasteiger partial charge in [0, 0.05) is 15.4 Å². The van der Waals surface area contributed by atoms with E-state index in [4.69, 9.17) is 14.2 Å². The largest absolute Gasteiger partial charge is 0.495 e. The van der Waals surface area contributed by atoms with Crippen molar-refractivity contribution >= 4 is 44.9 Å². The lowest BCUT2D eigenvalue weighted by atomic mass is 10.0. The van der Waals surface area contributed by atoms with Crippen molar-refractivity contribution in [3.05, 3.63) is 112 Å². The van der Waals surface area contributed by atoms with Crippen molar-refractivity contribution in [3.8, 4) is 28.4 Å². The molecule has 0 bridgehead atoms. The van der Waals surface area contributed by atoms with Crippen LogP contribution in [0.4, 0.5) is 0 Å². The van der Waals surface area contributed by atoms with Crippen LogP contribution < -0.4 is 19.6 Å². The van der Waals surface area contributed by atoms with E-state index in [9.17, 15) is 9.59 Å². The quantitative estimate of drug-likeness (QED) is 0.0809. The molecule has 0 unspecified atom stereocenters. The van der Waals surface area contributed by atoms with E-state index in [2.05, 4.69) is 31.4 Å². The van der Waals surface area contributed by atoms with Gasteiger partial charge in [-0.1, -0.05) is 58.4 Å². The number of amides is 1. The van der Waals surface area contributed by atoms with Crippen LogP contribution in [0.25, 0.3) is 22.0 Å². The van der Waals surface area contributed by atoms with Crippen molar-refractivity contribution in [2.75, 3.05) is 13.7 Å². The van der Waals surface area contributed by atoms with Gasteiger partial charge in [0.2, 0.25) is 0 Å². The van der Waals surface area contributed by atoms with Crippen molar-refractivity contribution in [2.24, 2.45) is 5.10 Å². The third-order valence-electron chi connectivity index (χ3n) is 6.23. The molecule has 5 rings (SSSR count). The number of H-pyrrole nitrogens is 1. The van der Waals surface area contributed by atoms with Gasteiger partial charge in [-0.05, 0) is 66.6 Å². The summed E-state index contributed by atoms with van der Waals surface area (Å²) in [5.74, 6) is 0.370. The number of ether oxygens (including phenoxy) is 3. The number of benzene rings is 4. The predicted molar refractivity (Wildman–Crippen MR) is 162 cm³/mol. The minimum absolute atomic E-state index is 0.278. The van der Waals surface area contributed by atoms with Gasteiger partial charge in [-0.25, -0.2) is 10.2 Å². The van der Waals surface area contributed by atoms with Crippen LogP contribution in [-0.2, 0) is 0 Å². The highest BCUT2D eigenvalue weighted by Gasteiger charge is 2.21. The molecule has 0 atom stereocenters. The number of fused-ring (bicyclic) bond motifs is 1. The van der Waals surface area contributed by atoms with E-state index >= 15 is 0 Å². The Morgan fingerprint density at radius 1 is 0.927 bits per heavy atom. The number of methoxy groups -OCH3 is 1. The van der Waals surface area contributed by atoms with Gasteiger partial charge in [0.1, 0.15) is 11.4 Å². The van der Waals surface area contributed by atoms with Gasteiger partial charge in [0.25, 0.3) is 5.91 Å². The van der Waals surface area contributed by atoms with Gasteiger partial charge in [-0.3, -0.25) is 4.79 Å². The molecule has 41 heavy (non-hydrogen) atoms. The van der Waals surface area contributed by atoms with Crippen LogP contribution in [0.5, 0.6) is 17.2 Å². The first-order valence-corrected chi connectivity index (χ1v) is 13.6. The molecule has 0 aliphatic carbocycles. The smallest absolute Gasteiger partial charge is 0.343 e. The molecule has 5 aromatic rings. The minimum atomic E-state index is -0.503. The topological polar surface area (TPSA) is 102 Å². The number of carbonyl (C=O) groups excluding carboxylic acids is 2. The van der Waals surface area contributed by atoms with Crippen LogP contribution in [0, 0.1) is 0 Å². The highest BCUT2D eigenvalue weighted by atomic mass is 79.9. The minimum Gasteiger partial charge on any atom is -0.495 e. The Morgan fingerprint density at radius 3 is 2.44 bits per heavy atom. The fourth-order valence-corrected chi connectivity index (χ4v) is 4.62. The molecular weight excluding hydrogens is 586 g/mol. The Hall–Kier alpha value is -4.89. The number of rotatable bonds is 9. The number of aromatic amines is 1. The molecule has 1 heterocycles. The molecule has 8 nitrogen and oxygen atoms in total. The van der Waals surface area contributed by atoms with Crippen LogP contribution in [0.15, 0.2) is 101 Å². The second kappa shape index (κ2) is 12.5. The number of halogens is 1. The Kier molecular flexibility index (Phi) is 8.45.